The van der Waals surface area contributed by atoms with Crippen LogP contribution in [0.3, 0.4) is 0 Å². The van der Waals surface area contributed by atoms with Crippen molar-refractivity contribution in [2.45, 2.75) is 64.3 Å². The molecule has 0 bridgehead atoms. The van der Waals surface area contributed by atoms with Crippen molar-refractivity contribution in [3.8, 4) is 0 Å². The van der Waals surface area contributed by atoms with Gasteiger partial charge in [-0.3, -0.25) is 0 Å². The quantitative estimate of drug-likeness (QED) is 0.580. The van der Waals surface area contributed by atoms with Crippen LogP contribution in [-0.2, 0) is 9.47 Å². The van der Waals surface area contributed by atoms with Crippen LogP contribution in [0.2, 0.25) is 0 Å². The third-order valence-electron chi connectivity index (χ3n) is 3.32. The van der Waals surface area contributed by atoms with Crippen molar-refractivity contribution in [3.05, 3.63) is 12.7 Å². The van der Waals surface area contributed by atoms with Crippen LogP contribution in [-0.4, -0.2) is 53.6 Å². The van der Waals surface area contributed by atoms with Crippen LogP contribution in [0.5, 0.6) is 0 Å². The minimum atomic E-state index is -0.456. The van der Waals surface area contributed by atoms with Crippen LogP contribution in [0.25, 0.3) is 0 Å². The normalized spacial score (nSPS) is 20.4. The van der Waals surface area contributed by atoms with Gasteiger partial charge in [0, 0.05) is 13.2 Å². The van der Waals surface area contributed by atoms with Gasteiger partial charge in [0.05, 0.1) is 18.8 Å². The molecule has 1 aliphatic heterocycles. The zero-order valence-electron chi connectivity index (χ0n) is 13.5. The van der Waals surface area contributed by atoms with E-state index in [0.717, 1.165) is 25.7 Å². The maximum Gasteiger partial charge on any atom is 0.410 e. The first-order valence-corrected chi connectivity index (χ1v) is 7.72. The number of hydrogen-bond donors (Lipinski definition) is 1. The molecule has 0 aliphatic carbocycles. The fourth-order valence-electron chi connectivity index (χ4n) is 2.18. The van der Waals surface area contributed by atoms with E-state index in [2.05, 4.69) is 6.58 Å². The second-order valence-corrected chi connectivity index (χ2v) is 6.51. The Morgan fingerprint density at radius 3 is 2.81 bits per heavy atom. The molecule has 0 aromatic carbocycles. The number of likely N-dealkylation sites (tertiary alicyclic amines) is 1. The van der Waals surface area contributed by atoms with Crippen LogP contribution in [0.4, 0.5) is 4.79 Å². The number of aliphatic hydroxyl groups is 1. The smallest absolute Gasteiger partial charge is 0.410 e. The number of aliphatic hydroxyl groups excluding tert-OH is 1. The standard InChI is InChI=1S/C16H29NO4/c1-5-13(18)8-6-7-11-20-14-9-10-17(12-14)15(19)21-16(2,3)4/h5,13-14,18H,1,6-12H2,2-4H3. The number of amides is 1. The Morgan fingerprint density at radius 1 is 1.48 bits per heavy atom. The van der Waals surface area contributed by atoms with Gasteiger partial charge >= 0.3 is 6.09 Å². The SMILES string of the molecule is C=CC(O)CCCCOC1CCN(C(=O)OC(C)(C)C)C1. The molecule has 1 heterocycles. The highest BCUT2D eigenvalue weighted by Crippen LogP contribution is 2.17. The van der Waals surface area contributed by atoms with E-state index in [1.807, 2.05) is 20.8 Å². The number of hydrogen-bond acceptors (Lipinski definition) is 4. The Hall–Kier alpha value is -1.07. The van der Waals surface area contributed by atoms with E-state index in [4.69, 9.17) is 9.47 Å². The third kappa shape index (κ3) is 7.48. The van der Waals surface area contributed by atoms with E-state index in [0.29, 0.717) is 19.7 Å². The molecule has 0 saturated carbocycles. The van der Waals surface area contributed by atoms with Gasteiger partial charge in [-0.25, -0.2) is 4.79 Å². The molecule has 0 radical (unpaired) electrons. The van der Waals surface area contributed by atoms with Gasteiger partial charge in [0.15, 0.2) is 0 Å². The highest BCUT2D eigenvalue weighted by Gasteiger charge is 2.29. The molecular formula is C16H29NO4. The van der Waals surface area contributed by atoms with E-state index in [-0.39, 0.29) is 12.2 Å². The predicted molar refractivity (Wildman–Crippen MR) is 82.2 cm³/mol. The van der Waals surface area contributed by atoms with Gasteiger partial charge < -0.3 is 19.5 Å². The van der Waals surface area contributed by atoms with E-state index in [9.17, 15) is 9.90 Å². The summed E-state index contributed by atoms with van der Waals surface area (Å²) in [6, 6.07) is 0. The van der Waals surface area contributed by atoms with Crippen molar-refractivity contribution < 1.29 is 19.4 Å². The van der Waals surface area contributed by atoms with Crippen LogP contribution < -0.4 is 0 Å². The maximum atomic E-state index is 11.9. The summed E-state index contributed by atoms with van der Waals surface area (Å²) in [5.41, 5.74) is -0.456. The van der Waals surface area contributed by atoms with Crippen LogP contribution in [0.1, 0.15) is 46.5 Å². The highest BCUT2D eigenvalue weighted by atomic mass is 16.6. The third-order valence-corrected chi connectivity index (χ3v) is 3.32. The molecule has 0 aromatic rings. The van der Waals surface area contributed by atoms with Gasteiger partial charge in [0.2, 0.25) is 0 Å². The van der Waals surface area contributed by atoms with Gasteiger partial charge in [0.1, 0.15) is 5.60 Å². The lowest BCUT2D eigenvalue weighted by Gasteiger charge is -2.24. The molecule has 21 heavy (non-hydrogen) atoms. The zero-order valence-corrected chi connectivity index (χ0v) is 13.5. The van der Waals surface area contributed by atoms with Gasteiger partial charge in [0.25, 0.3) is 0 Å². The minimum absolute atomic E-state index is 0.0989. The average Bonchev–Trinajstić information content (AvgIpc) is 2.85. The summed E-state index contributed by atoms with van der Waals surface area (Å²) in [6.07, 6.45) is 4.37. The fourth-order valence-corrected chi connectivity index (χ4v) is 2.18. The van der Waals surface area contributed by atoms with Gasteiger partial charge in [-0.15, -0.1) is 6.58 Å². The minimum Gasteiger partial charge on any atom is -0.444 e. The number of nitrogens with zero attached hydrogens (tertiary/aromatic N) is 1. The lowest BCUT2D eigenvalue weighted by Crippen LogP contribution is -2.36. The van der Waals surface area contributed by atoms with Crippen LogP contribution in [0.15, 0.2) is 12.7 Å². The molecule has 0 aromatic heterocycles. The highest BCUT2D eigenvalue weighted by molar-refractivity contribution is 5.68. The first-order chi connectivity index (χ1) is 9.81. The second-order valence-electron chi connectivity index (χ2n) is 6.51. The van der Waals surface area contributed by atoms with E-state index < -0.39 is 11.7 Å². The summed E-state index contributed by atoms with van der Waals surface area (Å²) in [6.45, 7) is 11.1. The topological polar surface area (TPSA) is 59.0 Å². The maximum absolute atomic E-state index is 11.9. The lowest BCUT2D eigenvalue weighted by atomic mass is 10.1. The Balaban J connectivity index is 2.14. The summed E-state index contributed by atoms with van der Waals surface area (Å²) in [4.78, 5) is 13.6. The van der Waals surface area contributed by atoms with Crippen molar-refractivity contribution in [1.29, 1.82) is 0 Å². The summed E-state index contributed by atoms with van der Waals surface area (Å²) in [7, 11) is 0. The van der Waals surface area contributed by atoms with Crippen molar-refractivity contribution in [2.24, 2.45) is 0 Å². The first-order valence-electron chi connectivity index (χ1n) is 7.72. The molecular weight excluding hydrogens is 270 g/mol. The van der Waals surface area contributed by atoms with Crippen molar-refractivity contribution in [2.75, 3.05) is 19.7 Å². The summed E-state index contributed by atoms with van der Waals surface area (Å²) < 4.78 is 11.1. The van der Waals surface area contributed by atoms with E-state index in [1.54, 1.807) is 11.0 Å². The Bertz CT molecular complexity index is 338. The Kier molecular flexibility index (Phi) is 7.18. The van der Waals surface area contributed by atoms with Crippen molar-refractivity contribution in [1.82, 2.24) is 4.90 Å². The first kappa shape index (κ1) is 18.0. The van der Waals surface area contributed by atoms with Crippen molar-refractivity contribution >= 4 is 6.09 Å². The largest absolute Gasteiger partial charge is 0.444 e. The molecule has 122 valence electrons. The average molecular weight is 299 g/mol. The van der Waals surface area contributed by atoms with Crippen molar-refractivity contribution in [3.63, 3.8) is 0 Å². The number of rotatable bonds is 7. The number of ether oxygens (including phenoxy) is 2. The summed E-state index contributed by atoms with van der Waals surface area (Å²) in [5, 5.41) is 9.34. The summed E-state index contributed by atoms with van der Waals surface area (Å²) in [5.74, 6) is 0. The molecule has 1 aliphatic rings. The number of carbonyl (C=O) groups is 1. The summed E-state index contributed by atoms with van der Waals surface area (Å²) >= 11 is 0. The molecule has 2 unspecified atom stereocenters. The predicted octanol–water partition coefficient (Wildman–Crippen LogP) is 2.73. The fraction of sp³-hybridized carbons (Fsp3) is 0.812. The molecule has 5 nitrogen and oxygen atoms in total. The second kappa shape index (κ2) is 8.39. The van der Waals surface area contributed by atoms with E-state index >= 15 is 0 Å². The molecule has 1 rings (SSSR count). The number of carbonyl (C=O) groups excluding carboxylic acids is 1. The zero-order chi connectivity index (χ0) is 15.9. The Morgan fingerprint density at radius 2 is 2.19 bits per heavy atom. The Labute approximate surface area is 127 Å². The van der Waals surface area contributed by atoms with Gasteiger partial charge in [-0.1, -0.05) is 6.08 Å². The molecule has 2 atom stereocenters. The molecule has 1 fully saturated rings. The number of unbranched alkanes of at least 4 members (excludes halogenated alkanes) is 1. The lowest BCUT2D eigenvalue weighted by molar-refractivity contribution is 0.0204. The molecule has 1 N–H and O–H groups in total. The van der Waals surface area contributed by atoms with Crippen LogP contribution in [0, 0.1) is 0 Å². The monoisotopic (exact) mass is 299 g/mol. The van der Waals surface area contributed by atoms with Crippen LogP contribution >= 0.6 is 0 Å². The molecule has 5 heteroatoms. The molecule has 1 amide bonds. The van der Waals surface area contributed by atoms with Gasteiger partial charge in [-0.05, 0) is 46.5 Å². The molecule has 1 saturated heterocycles. The molecule has 0 spiro atoms. The van der Waals surface area contributed by atoms with Gasteiger partial charge in [-0.2, -0.15) is 0 Å². The van der Waals surface area contributed by atoms with E-state index in [1.165, 1.54) is 0 Å².